The number of hydrogen-bond acceptors (Lipinski definition) is 3. The van der Waals surface area contributed by atoms with Crippen LogP contribution in [0.2, 0.25) is 0 Å². The summed E-state index contributed by atoms with van der Waals surface area (Å²) in [5, 5.41) is 0.837. The van der Waals surface area contributed by atoms with Crippen molar-refractivity contribution in [2.75, 3.05) is 0 Å². The number of thioether (sulfide) groups is 1. The van der Waals surface area contributed by atoms with E-state index in [9.17, 15) is 0 Å². The quantitative estimate of drug-likeness (QED) is 0.582. The van der Waals surface area contributed by atoms with Crippen molar-refractivity contribution in [2.45, 2.75) is 17.8 Å². The topological polar surface area (TPSA) is 25.8 Å². The maximum atomic E-state index is 4.25. The highest BCUT2D eigenvalue weighted by atomic mass is 32.2. The summed E-state index contributed by atoms with van der Waals surface area (Å²) in [4.78, 5) is 8.49. The molecule has 3 heteroatoms. The van der Waals surface area contributed by atoms with E-state index in [0.29, 0.717) is 0 Å². The first kappa shape index (κ1) is 10.2. The van der Waals surface area contributed by atoms with Crippen molar-refractivity contribution < 1.29 is 0 Å². The molecule has 0 aliphatic carbocycles. The Labute approximate surface area is 93.8 Å². The van der Waals surface area contributed by atoms with Crippen LogP contribution in [0.25, 0.3) is 0 Å². The van der Waals surface area contributed by atoms with E-state index in [1.54, 1.807) is 11.8 Å². The molecule has 2 rings (SSSR count). The lowest BCUT2D eigenvalue weighted by Gasteiger charge is -2.00. The van der Waals surface area contributed by atoms with Crippen molar-refractivity contribution in [3.8, 4) is 0 Å². The Morgan fingerprint density at radius 3 is 2.40 bits per heavy atom. The van der Waals surface area contributed by atoms with Gasteiger partial charge in [-0.05, 0) is 18.1 Å². The molecule has 0 atom stereocenters. The van der Waals surface area contributed by atoms with Crippen LogP contribution in [0.15, 0.2) is 47.9 Å². The number of rotatable bonds is 3. The summed E-state index contributed by atoms with van der Waals surface area (Å²) in [6.45, 7) is 1.99. The van der Waals surface area contributed by atoms with Crippen LogP contribution in [0, 0.1) is 6.92 Å². The van der Waals surface area contributed by atoms with Crippen LogP contribution in [0.4, 0.5) is 0 Å². The van der Waals surface area contributed by atoms with E-state index in [2.05, 4.69) is 22.1 Å². The second kappa shape index (κ2) is 4.94. The van der Waals surface area contributed by atoms with Gasteiger partial charge >= 0.3 is 0 Å². The monoisotopic (exact) mass is 216 g/mol. The molecule has 0 amide bonds. The number of nitrogens with zero attached hydrogens (tertiary/aromatic N) is 2. The minimum Gasteiger partial charge on any atom is -0.231 e. The molecule has 0 saturated carbocycles. The largest absolute Gasteiger partial charge is 0.231 e. The molecule has 0 saturated heterocycles. The van der Waals surface area contributed by atoms with E-state index in [0.717, 1.165) is 16.5 Å². The van der Waals surface area contributed by atoms with Crippen molar-refractivity contribution in [3.63, 3.8) is 0 Å². The second-order valence-electron chi connectivity index (χ2n) is 3.32. The molecule has 2 aromatic rings. The number of hydrogen-bond donors (Lipinski definition) is 0. The molecule has 1 aromatic carbocycles. The zero-order valence-electron chi connectivity index (χ0n) is 8.55. The van der Waals surface area contributed by atoms with E-state index >= 15 is 0 Å². The summed E-state index contributed by atoms with van der Waals surface area (Å²) >= 11 is 1.66. The smallest absolute Gasteiger partial charge is 0.187 e. The van der Waals surface area contributed by atoms with Crippen LogP contribution >= 0.6 is 11.8 Å². The fraction of sp³-hybridized carbons (Fsp3) is 0.167. The maximum absolute atomic E-state index is 4.25. The van der Waals surface area contributed by atoms with Gasteiger partial charge in [-0.3, -0.25) is 0 Å². The summed E-state index contributed by atoms with van der Waals surface area (Å²) in [7, 11) is 0. The van der Waals surface area contributed by atoms with Gasteiger partial charge in [0.25, 0.3) is 0 Å². The van der Waals surface area contributed by atoms with Gasteiger partial charge < -0.3 is 0 Å². The summed E-state index contributed by atoms with van der Waals surface area (Å²) in [6, 6.07) is 10.3. The zero-order valence-corrected chi connectivity index (χ0v) is 9.37. The van der Waals surface area contributed by atoms with Gasteiger partial charge in [0.1, 0.15) is 0 Å². The van der Waals surface area contributed by atoms with Crippen LogP contribution < -0.4 is 0 Å². The van der Waals surface area contributed by atoms with Gasteiger partial charge in [0.2, 0.25) is 0 Å². The molecule has 0 fully saturated rings. The number of benzene rings is 1. The SMILES string of the molecule is Cc1cnc(SCc2ccccc2)nc1. The zero-order chi connectivity index (χ0) is 10.5. The van der Waals surface area contributed by atoms with Crippen LogP contribution in [-0.4, -0.2) is 9.97 Å². The van der Waals surface area contributed by atoms with E-state index in [1.807, 2.05) is 37.5 Å². The lowest BCUT2D eigenvalue weighted by Crippen LogP contribution is -1.87. The molecule has 0 unspecified atom stereocenters. The van der Waals surface area contributed by atoms with Gasteiger partial charge in [-0.15, -0.1) is 0 Å². The second-order valence-corrected chi connectivity index (χ2v) is 4.26. The van der Waals surface area contributed by atoms with Gasteiger partial charge in [-0.1, -0.05) is 42.1 Å². The Bertz CT molecular complexity index is 411. The Hall–Kier alpha value is -1.35. The predicted octanol–water partition coefficient (Wildman–Crippen LogP) is 3.08. The Morgan fingerprint density at radius 2 is 1.73 bits per heavy atom. The molecule has 0 aliphatic rings. The van der Waals surface area contributed by atoms with E-state index in [4.69, 9.17) is 0 Å². The molecule has 0 bridgehead atoms. The van der Waals surface area contributed by atoms with Gasteiger partial charge in [0.05, 0.1) is 0 Å². The van der Waals surface area contributed by atoms with Crippen molar-refractivity contribution in [2.24, 2.45) is 0 Å². The van der Waals surface area contributed by atoms with Gasteiger partial charge in [0.15, 0.2) is 5.16 Å². The first-order valence-electron chi connectivity index (χ1n) is 4.80. The third-order valence-corrected chi connectivity index (χ3v) is 2.91. The van der Waals surface area contributed by atoms with Crippen molar-refractivity contribution in [1.82, 2.24) is 9.97 Å². The van der Waals surface area contributed by atoms with Crippen LogP contribution in [0.3, 0.4) is 0 Å². The van der Waals surface area contributed by atoms with Crippen molar-refractivity contribution in [1.29, 1.82) is 0 Å². The summed E-state index contributed by atoms with van der Waals surface area (Å²) in [5.41, 5.74) is 2.39. The fourth-order valence-corrected chi connectivity index (χ4v) is 1.92. The van der Waals surface area contributed by atoms with Crippen molar-refractivity contribution >= 4 is 11.8 Å². The van der Waals surface area contributed by atoms with Gasteiger partial charge in [0, 0.05) is 18.1 Å². The third-order valence-electron chi connectivity index (χ3n) is 1.97. The minimum absolute atomic E-state index is 0.837. The summed E-state index contributed by atoms with van der Waals surface area (Å²) < 4.78 is 0. The van der Waals surface area contributed by atoms with E-state index in [1.165, 1.54) is 5.56 Å². The van der Waals surface area contributed by atoms with Gasteiger partial charge in [-0.2, -0.15) is 0 Å². The highest BCUT2D eigenvalue weighted by Crippen LogP contribution is 2.18. The Kier molecular flexibility index (Phi) is 3.35. The summed E-state index contributed by atoms with van der Waals surface area (Å²) in [6.07, 6.45) is 3.70. The highest BCUT2D eigenvalue weighted by molar-refractivity contribution is 7.98. The van der Waals surface area contributed by atoms with Crippen LogP contribution in [-0.2, 0) is 5.75 Å². The third kappa shape index (κ3) is 3.06. The average molecular weight is 216 g/mol. The van der Waals surface area contributed by atoms with Crippen molar-refractivity contribution in [3.05, 3.63) is 53.9 Å². The molecule has 0 spiro atoms. The predicted molar refractivity (Wildman–Crippen MR) is 62.8 cm³/mol. The molecule has 15 heavy (non-hydrogen) atoms. The molecule has 2 nitrogen and oxygen atoms in total. The van der Waals surface area contributed by atoms with E-state index in [-0.39, 0.29) is 0 Å². The molecular formula is C12H12N2S. The standard InChI is InChI=1S/C12H12N2S/c1-10-7-13-12(14-8-10)15-9-11-5-3-2-4-6-11/h2-8H,9H2,1H3. The highest BCUT2D eigenvalue weighted by Gasteiger charge is 1.97. The summed E-state index contributed by atoms with van der Waals surface area (Å²) in [5.74, 6) is 0.921. The normalized spacial score (nSPS) is 10.2. The van der Waals surface area contributed by atoms with Gasteiger partial charge in [-0.25, -0.2) is 9.97 Å². The lowest BCUT2D eigenvalue weighted by atomic mass is 10.2. The molecular weight excluding hydrogens is 204 g/mol. The minimum atomic E-state index is 0.837. The first-order chi connectivity index (χ1) is 7.34. The van der Waals surface area contributed by atoms with E-state index < -0.39 is 0 Å². The molecule has 1 aromatic heterocycles. The number of aromatic nitrogens is 2. The Morgan fingerprint density at radius 1 is 1.07 bits per heavy atom. The fourth-order valence-electron chi connectivity index (χ4n) is 1.18. The van der Waals surface area contributed by atoms with Crippen LogP contribution in [0.5, 0.6) is 0 Å². The molecule has 0 N–H and O–H groups in total. The van der Waals surface area contributed by atoms with Crippen LogP contribution in [0.1, 0.15) is 11.1 Å². The molecule has 0 aliphatic heterocycles. The lowest BCUT2D eigenvalue weighted by molar-refractivity contribution is 0.949. The Balaban J connectivity index is 1.96. The molecule has 76 valence electrons. The first-order valence-corrected chi connectivity index (χ1v) is 5.78. The maximum Gasteiger partial charge on any atom is 0.187 e. The number of aryl methyl sites for hydroxylation is 1. The molecule has 0 radical (unpaired) electrons. The average Bonchev–Trinajstić information content (AvgIpc) is 2.30. The molecule has 1 heterocycles.